The van der Waals surface area contributed by atoms with Gasteiger partial charge in [-0.2, -0.15) is 5.10 Å². The number of piperidine rings is 1. The number of carbonyl (C=O) groups excluding carboxylic acids is 1. The van der Waals surface area contributed by atoms with Crippen molar-refractivity contribution in [2.24, 2.45) is 0 Å². The van der Waals surface area contributed by atoms with Crippen LogP contribution in [0.4, 0.5) is 5.82 Å². The number of anilines is 1. The maximum Gasteiger partial charge on any atom is 0.244 e. The third kappa shape index (κ3) is 4.11. The zero-order chi connectivity index (χ0) is 16.9. The molecule has 2 aromatic rings. The highest BCUT2D eigenvalue weighted by Crippen LogP contribution is 2.16. The molecule has 7 nitrogen and oxygen atoms in total. The number of aryl methyl sites for hydroxylation is 1. The summed E-state index contributed by atoms with van der Waals surface area (Å²) in [6.45, 7) is 3.92. The first-order chi connectivity index (χ1) is 11.6. The first-order valence-electron chi connectivity index (χ1n) is 8.20. The number of ether oxygens (including phenoxy) is 1. The number of hydrogen-bond acceptors (Lipinski definition) is 5. The van der Waals surface area contributed by atoms with Crippen LogP contribution in [-0.4, -0.2) is 44.8 Å². The minimum absolute atomic E-state index is 0.0273. The number of likely N-dealkylation sites (tertiary alicyclic amines) is 1. The highest BCUT2D eigenvalue weighted by molar-refractivity contribution is 5.76. The van der Waals surface area contributed by atoms with Crippen LogP contribution in [0.1, 0.15) is 24.1 Å². The minimum Gasteiger partial charge on any atom is -0.384 e. The molecule has 3 heterocycles. The summed E-state index contributed by atoms with van der Waals surface area (Å²) in [5.74, 6) is 0.543. The molecule has 0 radical (unpaired) electrons. The van der Waals surface area contributed by atoms with Gasteiger partial charge in [0.2, 0.25) is 5.91 Å². The van der Waals surface area contributed by atoms with E-state index in [2.05, 4.69) is 10.1 Å². The van der Waals surface area contributed by atoms with Crippen LogP contribution in [0.5, 0.6) is 0 Å². The Bertz CT molecular complexity index is 686. The van der Waals surface area contributed by atoms with E-state index in [1.54, 1.807) is 23.1 Å². The smallest absolute Gasteiger partial charge is 0.244 e. The lowest BCUT2D eigenvalue weighted by Gasteiger charge is -2.32. The van der Waals surface area contributed by atoms with Crippen LogP contribution >= 0.6 is 0 Å². The number of nitrogens with two attached hydrogens (primary N) is 1. The summed E-state index contributed by atoms with van der Waals surface area (Å²) >= 11 is 0. The Morgan fingerprint density at radius 1 is 1.50 bits per heavy atom. The van der Waals surface area contributed by atoms with E-state index < -0.39 is 0 Å². The van der Waals surface area contributed by atoms with Gasteiger partial charge in [0.25, 0.3) is 0 Å². The Labute approximate surface area is 141 Å². The molecular formula is C17H23N5O2. The zero-order valence-electron chi connectivity index (χ0n) is 13.9. The molecule has 0 aromatic carbocycles. The lowest BCUT2D eigenvalue weighted by Crippen LogP contribution is -2.44. The second-order valence-corrected chi connectivity index (χ2v) is 6.14. The van der Waals surface area contributed by atoms with Crippen LogP contribution in [0.2, 0.25) is 0 Å². The Morgan fingerprint density at radius 3 is 3.08 bits per heavy atom. The van der Waals surface area contributed by atoms with Gasteiger partial charge in [-0.05, 0) is 31.4 Å². The standard InChI is InChI=1S/C17H23N5O2/c1-13-8-16(18)22(20-13)11-17(23)21-7-3-5-15(10-21)24-12-14-4-2-6-19-9-14/h2,4,6,8-9,15H,3,5,7,10-12,18H2,1H3/t15-/m0/s1. The average molecular weight is 329 g/mol. The largest absolute Gasteiger partial charge is 0.384 e. The molecule has 0 aliphatic carbocycles. The summed E-state index contributed by atoms with van der Waals surface area (Å²) in [5, 5.41) is 4.25. The highest BCUT2D eigenvalue weighted by Gasteiger charge is 2.24. The molecule has 0 saturated carbocycles. The van der Waals surface area contributed by atoms with Crippen LogP contribution in [-0.2, 0) is 22.7 Å². The number of hydrogen-bond donors (Lipinski definition) is 1. The molecule has 3 rings (SSSR count). The van der Waals surface area contributed by atoms with Crippen LogP contribution in [0, 0.1) is 6.92 Å². The Balaban J connectivity index is 1.53. The van der Waals surface area contributed by atoms with E-state index in [0.29, 0.717) is 19.0 Å². The van der Waals surface area contributed by atoms with Gasteiger partial charge in [-0.1, -0.05) is 6.07 Å². The molecule has 0 bridgehead atoms. The highest BCUT2D eigenvalue weighted by atomic mass is 16.5. The normalized spacial score (nSPS) is 17.9. The second-order valence-electron chi connectivity index (χ2n) is 6.14. The molecule has 2 aromatic heterocycles. The van der Waals surface area contributed by atoms with Gasteiger partial charge < -0.3 is 15.4 Å². The number of pyridine rings is 1. The molecule has 2 N–H and O–H groups in total. The molecule has 1 aliphatic heterocycles. The van der Waals surface area contributed by atoms with Crippen molar-refractivity contribution < 1.29 is 9.53 Å². The maximum atomic E-state index is 12.5. The molecule has 7 heteroatoms. The van der Waals surface area contributed by atoms with E-state index in [1.807, 2.05) is 24.0 Å². The number of rotatable bonds is 5. The number of carbonyl (C=O) groups is 1. The van der Waals surface area contributed by atoms with Crippen LogP contribution < -0.4 is 5.73 Å². The lowest BCUT2D eigenvalue weighted by molar-refractivity contribution is -0.136. The molecule has 24 heavy (non-hydrogen) atoms. The quantitative estimate of drug-likeness (QED) is 0.895. The van der Waals surface area contributed by atoms with Gasteiger partial charge in [-0.25, -0.2) is 4.68 Å². The monoisotopic (exact) mass is 329 g/mol. The summed E-state index contributed by atoms with van der Waals surface area (Å²) in [7, 11) is 0. The number of amides is 1. The molecule has 1 fully saturated rings. The molecule has 128 valence electrons. The van der Waals surface area contributed by atoms with Crippen molar-refractivity contribution >= 4 is 11.7 Å². The summed E-state index contributed by atoms with van der Waals surface area (Å²) in [6.07, 6.45) is 5.51. The van der Waals surface area contributed by atoms with Gasteiger partial charge in [-0.3, -0.25) is 9.78 Å². The first kappa shape index (κ1) is 16.4. The van der Waals surface area contributed by atoms with Crippen LogP contribution in [0.25, 0.3) is 0 Å². The minimum atomic E-state index is 0.0273. The van der Waals surface area contributed by atoms with Crippen LogP contribution in [0.3, 0.4) is 0 Å². The zero-order valence-corrected chi connectivity index (χ0v) is 13.9. The Morgan fingerprint density at radius 2 is 2.38 bits per heavy atom. The third-order valence-electron chi connectivity index (χ3n) is 4.16. The van der Waals surface area contributed by atoms with Gasteiger partial charge in [0.15, 0.2) is 0 Å². The van der Waals surface area contributed by atoms with E-state index in [4.69, 9.17) is 10.5 Å². The fourth-order valence-corrected chi connectivity index (χ4v) is 2.92. The molecule has 0 unspecified atom stereocenters. The van der Waals surface area contributed by atoms with Crippen molar-refractivity contribution in [3.05, 3.63) is 41.9 Å². The van der Waals surface area contributed by atoms with Crippen molar-refractivity contribution in [2.75, 3.05) is 18.8 Å². The molecule has 0 spiro atoms. The van der Waals surface area contributed by atoms with E-state index in [0.717, 1.165) is 30.6 Å². The maximum absolute atomic E-state index is 12.5. The van der Waals surface area contributed by atoms with Crippen molar-refractivity contribution in [3.8, 4) is 0 Å². The molecular weight excluding hydrogens is 306 g/mol. The first-order valence-corrected chi connectivity index (χ1v) is 8.20. The van der Waals surface area contributed by atoms with Gasteiger partial charge in [0.05, 0.1) is 18.4 Å². The molecule has 1 atom stereocenters. The van der Waals surface area contributed by atoms with Crippen molar-refractivity contribution in [2.45, 2.75) is 39.0 Å². The molecule has 1 saturated heterocycles. The SMILES string of the molecule is Cc1cc(N)n(CC(=O)N2CCC[C@H](OCc3cccnc3)C2)n1. The van der Waals surface area contributed by atoms with Crippen LogP contribution in [0.15, 0.2) is 30.6 Å². The molecule has 1 aliphatic rings. The predicted molar refractivity (Wildman–Crippen MR) is 90.0 cm³/mol. The van der Waals surface area contributed by atoms with E-state index in [-0.39, 0.29) is 18.6 Å². The van der Waals surface area contributed by atoms with Gasteiger partial charge in [0.1, 0.15) is 12.4 Å². The Hall–Kier alpha value is -2.41. The lowest BCUT2D eigenvalue weighted by atomic mass is 10.1. The predicted octanol–water partition coefficient (Wildman–Crippen LogP) is 1.38. The average Bonchev–Trinajstić information content (AvgIpc) is 2.91. The van der Waals surface area contributed by atoms with Gasteiger partial charge in [-0.15, -0.1) is 0 Å². The van der Waals surface area contributed by atoms with Crippen molar-refractivity contribution in [3.63, 3.8) is 0 Å². The van der Waals surface area contributed by atoms with E-state index >= 15 is 0 Å². The third-order valence-corrected chi connectivity index (χ3v) is 4.16. The molecule has 1 amide bonds. The topological polar surface area (TPSA) is 86.3 Å². The summed E-state index contributed by atoms with van der Waals surface area (Å²) in [4.78, 5) is 18.4. The van der Waals surface area contributed by atoms with Gasteiger partial charge in [0, 0.05) is 31.5 Å². The summed E-state index contributed by atoms with van der Waals surface area (Å²) < 4.78 is 7.50. The van der Waals surface area contributed by atoms with E-state index in [9.17, 15) is 4.79 Å². The van der Waals surface area contributed by atoms with Gasteiger partial charge >= 0.3 is 0 Å². The number of aromatic nitrogens is 3. The number of nitrogen functional groups attached to an aromatic ring is 1. The van der Waals surface area contributed by atoms with E-state index in [1.165, 1.54) is 0 Å². The second kappa shape index (κ2) is 7.44. The summed E-state index contributed by atoms with van der Waals surface area (Å²) in [6, 6.07) is 5.65. The van der Waals surface area contributed by atoms with Crippen molar-refractivity contribution in [1.82, 2.24) is 19.7 Å². The number of nitrogens with zero attached hydrogens (tertiary/aromatic N) is 4. The van der Waals surface area contributed by atoms with Crippen molar-refractivity contribution in [1.29, 1.82) is 0 Å². The summed E-state index contributed by atoms with van der Waals surface area (Å²) in [5.41, 5.74) is 7.72. The fraction of sp³-hybridized carbons (Fsp3) is 0.471. The Kier molecular flexibility index (Phi) is 5.10. The fourth-order valence-electron chi connectivity index (χ4n) is 2.92.